The number of hydrogen-bond donors (Lipinski definition) is 0. The second-order valence-electron chi connectivity index (χ2n) is 7.74. The number of anilines is 2. The van der Waals surface area contributed by atoms with Crippen molar-refractivity contribution >= 4 is 11.4 Å². The van der Waals surface area contributed by atoms with Crippen LogP contribution in [0.25, 0.3) is 0 Å². The van der Waals surface area contributed by atoms with E-state index in [-0.39, 0.29) is 21.1 Å². The standard InChI is InChI=1S/C20H27N4.C8H5.Pt/c1-3-5-10-21-12-14-23(17-21)19-8-7-9-20(16-19)24-15-13-22(18-24)11-6-4-2;1-2-8-6-4-3-5-7-8;/h7-9,12-15,17-18H,3-6,10-11H2,1-2H3;3-7H;/q-3;-1;+4. The summed E-state index contributed by atoms with van der Waals surface area (Å²) in [4.78, 5) is 8.73. The zero-order chi connectivity index (χ0) is 22.6. The van der Waals surface area contributed by atoms with Crippen molar-refractivity contribution < 1.29 is 21.1 Å². The van der Waals surface area contributed by atoms with Gasteiger partial charge in [0.05, 0.1) is 0 Å². The van der Waals surface area contributed by atoms with E-state index < -0.39 is 0 Å². The van der Waals surface area contributed by atoms with Crippen molar-refractivity contribution in [1.29, 1.82) is 0 Å². The SMILES string of the molecule is CCCCN1C=CN(c2[c-]c(N3C=CN(CCCC)[CH-]3)ccc2)[CH-]1.[C-]#Cc1ccccc1.[Pt+4]. The summed E-state index contributed by atoms with van der Waals surface area (Å²) >= 11 is 0. The van der Waals surface area contributed by atoms with Gasteiger partial charge in [-0.25, -0.2) is 0 Å². The number of benzene rings is 2. The average molecular weight is 620 g/mol. The van der Waals surface area contributed by atoms with Crippen LogP contribution in [0.3, 0.4) is 0 Å². The Morgan fingerprint density at radius 2 is 1.27 bits per heavy atom. The van der Waals surface area contributed by atoms with Crippen LogP contribution < -0.4 is 9.80 Å². The molecule has 0 aliphatic carbocycles. The molecular formula is C28H32N4Pt. The average Bonchev–Trinajstić information content (AvgIpc) is 3.52. The zero-order valence-corrected chi connectivity index (χ0v) is 21.7. The maximum Gasteiger partial charge on any atom is 4.00 e. The van der Waals surface area contributed by atoms with Gasteiger partial charge in [-0.15, -0.1) is 47.3 Å². The van der Waals surface area contributed by atoms with E-state index >= 15 is 0 Å². The fourth-order valence-corrected chi connectivity index (χ4v) is 3.29. The summed E-state index contributed by atoms with van der Waals surface area (Å²) in [5.74, 6) is 2.28. The normalized spacial score (nSPS) is 14.1. The molecule has 4 nitrogen and oxygen atoms in total. The molecule has 0 saturated heterocycles. The predicted molar refractivity (Wildman–Crippen MR) is 133 cm³/mol. The minimum absolute atomic E-state index is 0. The van der Waals surface area contributed by atoms with Gasteiger partial charge in [0.2, 0.25) is 0 Å². The number of unbranched alkanes of at least 4 members (excludes halogenated alkanes) is 2. The first kappa shape index (κ1) is 26.6. The molecule has 0 aromatic heterocycles. The fraction of sp³-hybridized carbons (Fsp3) is 0.286. The summed E-state index contributed by atoms with van der Waals surface area (Å²) in [6.45, 7) is 10.9. The van der Waals surface area contributed by atoms with E-state index in [1.807, 2.05) is 30.3 Å². The van der Waals surface area contributed by atoms with Crippen LogP contribution in [0.5, 0.6) is 0 Å². The second-order valence-corrected chi connectivity index (χ2v) is 7.74. The molecule has 0 bridgehead atoms. The molecule has 0 fully saturated rings. The summed E-state index contributed by atoms with van der Waals surface area (Å²) in [5, 5.41) is 0. The van der Waals surface area contributed by atoms with Gasteiger partial charge in [0.25, 0.3) is 0 Å². The minimum Gasteiger partial charge on any atom is -0.508 e. The van der Waals surface area contributed by atoms with Gasteiger partial charge in [-0.05, 0) is 50.7 Å². The Labute approximate surface area is 214 Å². The van der Waals surface area contributed by atoms with Gasteiger partial charge in [0.1, 0.15) is 0 Å². The maximum absolute atomic E-state index is 6.69. The van der Waals surface area contributed by atoms with E-state index in [2.05, 4.69) is 102 Å². The first-order chi connectivity index (χ1) is 15.7. The molecule has 2 aromatic rings. The Bertz CT molecular complexity index is 872. The Balaban J connectivity index is 0.000000364. The molecule has 2 heterocycles. The number of nitrogens with zero attached hydrogens (tertiary/aromatic N) is 4. The van der Waals surface area contributed by atoms with E-state index in [0.29, 0.717) is 0 Å². The largest absolute Gasteiger partial charge is 4.00 e. The molecule has 0 unspecified atom stereocenters. The van der Waals surface area contributed by atoms with E-state index in [4.69, 9.17) is 6.42 Å². The fourth-order valence-electron chi connectivity index (χ4n) is 3.29. The van der Waals surface area contributed by atoms with Crippen molar-refractivity contribution in [2.45, 2.75) is 39.5 Å². The Kier molecular flexibility index (Phi) is 11.7. The van der Waals surface area contributed by atoms with E-state index in [9.17, 15) is 0 Å². The Morgan fingerprint density at radius 1 is 0.758 bits per heavy atom. The first-order valence-electron chi connectivity index (χ1n) is 11.4. The topological polar surface area (TPSA) is 13.0 Å². The first-order valence-corrected chi connectivity index (χ1v) is 11.4. The molecule has 4 rings (SSSR count). The molecule has 2 aliphatic rings. The number of hydrogen-bond acceptors (Lipinski definition) is 4. The van der Waals surface area contributed by atoms with Gasteiger partial charge >= 0.3 is 21.1 Å². The molecule has 0 N–H and O–H groups in total. The van der Waals surface area contributed by atoms with Gasteiger partial charge < -0.3 is 26.0 Å². The van der Waals surface area contributed by atoms with Crippen molar-refractivity contribution in [2.24, 2.45) is 0 Å². The van der Waals surface area contributed by atoms with Crippen LogP contribution in [0.2, 0.25) is 0 Å². The summed E-state index contributed by atoms with van der Waals surface area (Å²) in [7, 11) is 0. The monoisotopic (exact) mass is 619 g/mol. The van der Waals surface area contributed by atoms with Gasteiger partial charge in [0, 0.05) is 0 Å². The van der Waals surface area contributed by atoms with Gasteiger partial charge in [-0.1, -0.05) is 44.9 Å². The molecule has 5 heteroatoms. The predicted octanol–water partition coefficient (Wildman–Crippen LogP) is 6.13. The van der Waals surface area contributed by atoms with Crippen LogP contribution in [0.1, 0.15) is 45.1 Å². The van der Waals surface area contributed by atoms with Gasteiger partial charge in [-0.2, -0.15) is 19.4 Å². The maximum atomic E-state index is 6.69. The van der Waals surface area contributed by atoms with Crippen molar-refractivity contribution in [1.82, 2.24) is 9.80 Å². The molecule has 0 saturated carbocycles. The summed E-state index contributed by atoms with van der Waals surface area (Å²) in [6, 6.07) is 19.2. The molecule has 2 aromatic carbocycles. The van der Waals surface area contributed by atoms with E-state index in [1.54, 1.807) is 0 Å². The third-order valence-electron chi connectivity index (χ3n) is 5.16. The molecular weight excluding hydrogens is 587 g/mol. The van der Waals surface area contributed by atoms with Crippen LogP contribution in [0, 0.1) is 31.7 Å². The van der Waals surface area contributed by atoms with Crippen molar-refractivity contribution in [3.8, 4) is 5.92 Å². The molecule has 2 aliphatic heterocycles. The third-order valence-corrected chi connectivity index (χ3v) is 5.16. The van der Waals surface area contributed by atoms with Crippen LogP contribution in [-0.4, -0.2) is 22.9 Å². The molecule has 174 valence electrons. The number of rotatable bonds is 8. The summed E-state index contributed by atoms with van der Waals surface area (Å²) < 4.78 is 0. The van der Waals surface area contributed by atoms with Crippen LogP contribution in [0.15, 0.2) is 73.3 Å². The molecule has 0 radical (unpaired) electrons. The van der Waals surface area contributed by atoms with Crippen molar-refractivity contribution in [3.63, 3.8) is 0 Å². The van der Waals surface area contributed by atoms with Gasteiger partial charge in [-0.3, -0.25) is 5.92 Å². The summed E-state index contributed by atoms with van der Waals surface area (Å²) in [5.41, 5.74) is 2.96. The van der Waals surface area contributed by atoms with E-state index in [1.165, 1.54) is 25.7 Å². The molecule has 0 atom stereocenters. The smallest absolute Gasteiger partial charge is 0.508 e. The third kappa shape index (κ3) is 8.34. The molecule has 0 amide bonds. The van der Waals surface area contributed by atoms with Crippen LogP contribution in [0.4, 0.5) is 11.4 Å². The minimum atomic E-state index is 0. The Morgan fingerprint density at radius 3 is 1.70 bits per heavy atom. The van der Waals surface area contributed by atoms with Crippen molar-refractivity contribution in [2.75, 3.05) is 22.9 Å². The Hall–Kier alpha value is -2.63. The van der Waals surface area contributed by atoms with E-state index in [0.717, 1.165) is 30.0 Å². The second kappa shape index (κ2) is 14.5. The molecule has 33 heavy (non-hydrogen) atoms. The van der Waals surface area contributed by atoms with Crippen LogP contribution in [-0.2, 0) is 21.1 Å². The quantitative estimate of drug-likeness (QED) is 0.260. The van der Waals surface area contributed by atoms with Crippen molar-refractivity contribution in [3.05, 3.63) is 105 Å². The summed E-state index contributed by atoms with van der Waals surface area (Å²) in [6.07, 6.45) is 20.0. The zero-order valence-electron chi connectivity index (χ0n) is 19.4. The van der Waals surface area contributed by atoms with Crippen LogP contribution >= 0.6 is 0 Å². The van der Waals surface area contributed by atoms with Gasteiger partial charge in [0.15, 0.2) is 0 Å². The molecule has 0 spiro atoms.